The summed E-state index contributed by atoms with van der Waals surface area (Å²) < 4.78 is 0. The largest absolute Gasteiger partial charge is 0.508 e. The standard InChI is InChI=1S/C36H59N9O9/c1-21(2)18-27(43-31(48)24(39)8-3-5-15-37)35(52)45-17-7-10-29(45)34(51)42-26(19-22-11-13-23(46)14-12-22)33(50)41-25(9-4-6-16-38)32(49)44-28(36(53)54)20-30(40)47/h11-14,21,24-29,46H,3-10,15-20,37-39H2,1-2H3,(H2,40,47)(H,41,50)(H,42,51)(H,43,48)(H,44,49)(H,53,54)/t24-,25-,26-,27-,28-,29-/m0/s1. The van der Waals surface area contributed by atoms with Crippen LogP contribution in [-0.2, 0) is 40.0 Å². The first kappa shape index (κ1) is 45.3. The Hall–Kier alpha value is -4.81. The summed E-state index contributed by atoms with van der Waals surface area (Å²) in [5.74, 6) is -5.70. The number of aliphatic carboxylic acids is 1. The van der Waals surface area contributed by atoms with Crippen LogP contribution in [0.3, 0.4) is 0 Å². The first-order chi connectivity index (χ1) is 25.6. The predicted molar refractivity (Wildman–Crippen MR) is 199 cm³/mol. The molecule has 1 aromatic rings. The van der Waals surface area contributed by atoms with Gasteiger partial charge in [0.25, 0.3) is 0 Å². The number of nitrogens with zero attached hydrogens (tertiary/aromatic N) is 1. The lowest BCUT2D eigenvalue weighted by molar-refractivity contribution is -0.144. The van der Waals surface area contributed by atoms with Gasteiger partial charge >= 0.3 is 5.97 Å². The Bertz CT molecular complexity index is 1430. The molecule has 1 aliphatic rings. The second-order valence-electron chi connectivity index (χ2n) is 14.1. The maximum atomic E-state index is 14.0. The van der Waals surface area contributed by atoms with Crippen LogP contribution < -0.4 is 44.2 Å². The second kappa shape index (κ2) is 23.1. The van der Waals surface area contributed by atoms with E-state index < -0.39 is 84.1 Å². The van der Waals surface area contributed by atoms with Crippen LogP contribution in [0.1, 0.15) is 83.6 Å². The number of nitrogens with one attached hydrogen (secondary N) is 4. The molecule has 302 valence electrons. The zero-order valence-corrected chi connectivity index (χ0v) is 31.3. The Labute approximate surface area is 315 Å². The van der Waals surface area contributed by atoms with E-state index >= 15 is 0 Å². The van der Waals surface area contributed by atoms with E-state index in [2.05, 4.69) is 21.3 Å². The molecule has 0 spiro atoms. The minimum atomic E-state index is -1.64. The van der Waals surface area contributed by atoms with Gasteiger partial charge in [-0.15, -0.1) is 0 Å². The number of primary amides is 1. The number of likely N-dealkylation sites (tertiary alicyclic amines) is 1. The molecule has 1 fully saturated rings. The average Bonchev–Trinajstić information content (AvgIpc) is 3.61. The molecule has 18 heteroatoms. The van der Waals surface area contributed by atoms with Crippen molar-refractivity contribution in [3.63, 3.8) is 0 Å². The first-order valence-electron chi connectivity index (χ1n) is 18.5. The maximum absolute atomic E-state index is 14.0. The van der Waals surface area contributed by atoms with E-state index in [0.29, 0.717) is 63.6 Å². The van der Waals surface area contributed by atoms with Crippen molar-refractivity contribution in [1.29, 1.82) is 0 Å². The number of carboxylic acids is 1. The molecule has 1 saturated heterocycles. The van der Waals surface area contributed by atoms with Crippen LogP contribution in [-0.4, -0.2) is 112 Å². The molecule has 0 unspecified atom stereocenters. The zero-order chi connectivity index (χ0) is 40.4. The number of carbonyl (C=O) groups is 7. The lowest BCUT2D eigenvalue weighted by Gasteiger charge is -2.31. The van der Waals surface area contributed by atoms with Crippen molar-refractivity contribution in [3.8, 4) is 5.75 Å². The zero-order valence-electron chi connectivity index (χ0n) is 31.3. The van der Waals surface area contributed by atoms with Crippen LogP contribution in [0.25, 0.3) is 0 Å². The molecule has 6 atom stereocenters. The maximum Gasteiger partial charge on any atom is 0.326 e. The number of aromatic hydroxyl groups is 1. The highest BCUT2D eigenvalue weighted by Crippen LogP contribution is 2.21. The summed E-state index contributed by atoms with van der Waals surface area (Å²) >= 11 is 0. The van der Waals surface area contributed by atoms with Gasteiger partial charge in [0.2, 0.25) is 35.4 Å². The molecule has 2 rings (SSSR count). The highest BCUT2D eigenvalue weighted by atomic mass is 16.4. The molecule has 1 aromatic carbocycles. The molecule has 6 amide bonds. The van der Waals surface area contributed by atoms with Crippen LogP contribution in [0.2, 0.25) is 0 Å². The normalized spacial score (nSPS) is 16.8. The number of carbonyl (C=O) groups excluding carboxylic acids is 6. The third kappa shape index (κ3) is 15.3. The van der Waals surface area contributed by atoms with E-state index in [1.54, 1.807) is 12.1 Å². The minimum absolute atomic E-state index is 0.0116. The van der Waals surface area contributed by atoms with Gasteiger partial charge in [-0.25, -0.2) is 4.79 Å². The minimum Gasteiger partial charge on any atom is -0.508 e. The molecule has 0 saturated carbocycles. The van der Waals surface area contributed by atoms with Crippen LogP contribution in [0, 0.1) is 5.92 Å². The average molecular weight is 762 g/mol. The Morgan fingerprint density at radius 1 is 0.796 bits per heavy atom. The van der Waals surface area contributed by atoms with Gasteiger partial charge in [0.05, 0.1) is 12.5 Å². The smallest absolute Gasteiger partial charge is 0.326 e. The first-order valence-corrected chi connectivity index (χ1v) is 18.5. The summed E-state index contributed by atoms with van der Waals surface area (Å²) in [5.41, 5.74) is 23.0. The fraction of sp³-hybridized carbons (Fsp3) is 0.639. The molecule has 0 bridgehead atoms. The van der Waals surface area contributed by atoms with E-state index in [-0.39, 0.29) is 37.5 Å². The predicted octanol–water partition coefficient (Wildman–Crippen LogP) is -1.54. The molecule has 0 aromatic heterocycles. The van der Waals surface area contributed by atoms with E-state index in [1.165, 1.54) is 17.0 Å². The Morgan fingerprint density at radius 3 is 1.94 bits per heavy atom. The van der Waals surface area contributed by atoms with Gasteiger partial charge in [-0.1, -0.05) is 32.4 Å². The molecular weight excluding hydrogens is 702 g/mol. The van der Waals surface area contributed by atoms with Crippen molar-refractivity contribution >= 4 is 41.4 Å². The van der Waals surface area contributed by atoms with Gasteiger partial charge in [-0.3, -0.25) is 28.8 Å². The number of rotatable bonds is 24. The van der Waals surface area contributed by atoms with E-state index in [4.69, 9.17) is 22.9 Å². The molecule has 0 aliphatic carbocycles. The molecule has 1 aliphatic heterocycles. The number of carboxylic acid groups (broad SMARTS) is 1. The fourth-order valence-corrected chi connectivity index (χ4v) is 6.17. The summed E-state index contributed by atoms with van der Waals surface area (Å²) in [4.78, 5) is 92.6. The molecule has 54 heavy (non-hydrogen) atoms. The molecule has 18 nitrogen and oxygen atoms in total. The summed E-state index contributed by atoms with van der Waals surface area (Å²) in [7, 11) is 0. The van der Waals surface area contributed by atoms with Crippen LogP contribution >= 0.6 is 0 Å². The van der Waals surface area contributed by atoms with E-state index in [1.807, 2.05) is 13.8 Å². The topological polar surface area (TPSA) is 315 Å². The van der Waals surface area contributed by atoms with Crippen molar-refractivity contribution < 1.29 is 43.8 Å². The van der Waals surface area contributed by atoms with Crippen LogP contribution in [0.15, 0.2) is 24.3 Å². The number of unbranched alkanes of at least 4 members (excludes halogenated alkanes) is 2. The Morgan fingerprint density at radius 2 is 1.37 bits per heavy atom. The highest BCUT2D eigenvalue weighted by Gasteiger charge is 2.40. The lowest BCUT2D eigenvalue weighted by atomic mass is 10.0. The van der Waals surface area contributed by atoms with E-state index in [9.17, 15) is 43.8 Å². The summed E-state index contributed by atoms with van der Waals surface area (Å²) in [6.07, 6.45) is 2.99. The van der Waals surface area contributed by atoms with Crippen molar-refractivity contribution in [3.05, 3.63) is 29.8 Å². The van der Waals surface area contributed by atoms with E-state index in [0.717, 1.165) is 0 Å². The van der Waals surface area contributed by atoms with Gasteiger partial charge < -0.3 is 59.3 Å². The number of hydrogen-bond donors (Lipinski definition) is 10. The molecular formula is C36H59N9O9. The molecule has 14 N–H and O–H groups in total. The number of amides is 6. The number of phenolic OH excluding ortho intramolecular Hbond substituents is 1. The van der Waals surface area contributed by atoms with Gasteiger partial charge in [0.1, 0.15) is 36.0 Å². The van der Waals surface area contributed by atoms with Gasteiger partial charge in [0, 0.05) is 13.0 Å². The van der Waals surface area contributed by atoms with Crippen molar-refractivity contribution in [2.45, 2.75) is 121 Å². The third-order valence-corrected chi connectivity index (χ3v) is 9.08. The van der Waals surface area contributed by atoms with Crippen molar-refractivity contribution in [2.75, 3.05) is 19.6 Å². The SMILES string of the molecule is CC(C)C[C@H](NC(=O)[C@@H](N)CCCCN)C(=O)N1CCC[C@H]1C(=O)N[C@@H](Cc1ccc(O)cc1)C(=O)N[C@@H](CCCCN)C(=O)N[C@@H](CC(N)=O)C(=O)O. The highest BCUT2D eigenvalue weighted by molar-refractivity contribution is 5.97. The molecule has 1 heterocycles. The lowest BCUT2D eigenvalue weighted by Crippen LogP contribution is -2.59. The second-order valence-corrected chi connectivity index (χ2v) is 14.1. The summed E-state index contributed by atoms with van der Waals surface area (Å²) in [6.45, 7) is 4.79. The number of nitrogens with two attached hydrogens (primary N) is 4. The molecule has 0 radical (unpaired) electrons. The van der Waals surface area contributed by atoms with Gasteiger partial charge in [0.15, 0.2) is 0 Å². The quantitative estimate of drug-likeness (QED) is 0.0536. The van der Waals surface area contributed by atoms with Gasteiger partial charge in [-0.05, 0) is 88.1 Å². The third-order valence-electron chi connectivity index (χ3n) is 9.08. The number of phenols is 1. The van der Waals surface area contributed by atoms with Crippen molar-refractivity contribution in [2.24, 2.45) is 28.9 Å². The Kier molecular flexibility index (Phi) is 19.4. The summed E-state index contributed by atoms with van der Waals surface area (Å²) in [5, 5.41) is 29.7. The van der Waals surface area contributed by atoms with Crippen LogP contribution in [0.5, 0.6) is 5.75 Å². The summed E-state index contributed by atoms with van der Waals surface area (Å²) in [6, 6.07) is -1.04. The number of hydrogen-bond acceptors (Lipinski definition) is 11. The van der Waals surface area contributed by atoms with Crippen LogP contribution in [0.4, 0.5) is 0 Å². The Balaban J connectivity index is 2.34. The monoisotopic (exact) mass is 761 g/mol. The van der Waals surface area contributed by atoms with Gasteiger partial charge in [-0.2, -0.15) is 0 Å². The number of benzene rings is 1. The fourth-order valence-electron chi connectivity index (χ4n) is 6.17. The van der Waals surface area contributed by atoms with Crippen molar-refractivity contribution in [1.82, 2.24) is 26.2 Å².